The van der Waals surface area contributed by atoms with Crippen LogP contribution in [0.4, 0.5) is 0 Å². The fraction of sp³-hybridized carbons (Fsp3) is 0.951. The molecule has 0 aliphatic heterocycles. The Kier molecular flexibility index (Phi) is 73.5. The molecule has 0 saturated carbocycles. The van der Waals surface area contributed by atoms with E-state index in [1.807, 2.05) is 0 Å². The number of rotatable bonds is 82. The molecule has 0 saturated heterocycles. The maximum atomic E-state index is 13.1. The van der Waals surface area contributed by atoms with Gasteiger partial charge in [-0.2, -0.15) is 0 Å². The molecule has 0 amide bonds. The van der Waals surface area contributed by atoms with Crippen LogP contribution in [0.5, 0.6) is 0 Å². The second kappa shape index (κ2) is 74.9. The van der Waals surface area contributed by atoms with Crippen molar-refractivity contribution in [2.24, 2.45) is 5.92 Å². The minimum Gasteiger partial charge on any atom is -0.462 e. The first kappa shape index (κ1) is 99.1. The number of aliphatic hydroxyl groups excluding tert-OH is 1. The van der Waals surface area contributed by atoms with Gasteiger partial charge in [-0.15, -0.1) is 0 Å². The number of ether oxygens (including phenoxy) is 4. The third-order valence-corrected chi connectivity index (χ3v) is 21.2. The summed E-state index contributed by atoms with van der Waals surface area (Å²) < 4.78 is 68.7. The van der Waals surface area contributed by atoms with Gasteiger partial charge in [0.25, 0.3) is 0 Å². The van der Waals surface area contributed by atoms with Crippen molar-refractivity contribution in [3.05, 3.63) is 0 Å². The van der Waals surface area contributed by atoms with Crippen LogP contribution in [0.3, 0.4) is 0 Å². The lowest BCUT2D eigenvalue weighted by molar-refractivity contribution is -0.161. The van der Waals surface area contributed by atoms with Gasteiger partial charge in [-0.25, -0.2) is 9.13 Å². The van der Waals surface area contributed by atoms with Crippen molar-refractivity contribution < 1.29 is 80.2 Å². The van der Waals surface area contributed by atoms with Crippen molar-refractivity contribution in [3.63, 3.8) is 0 Å². The van der Waals surface area contributed by atoms with Crippen LogP contribution in [-0.4, -0.2) is 96.7 Å². The zero-order chi connectivity index (χ0) is 74.1. The highest BCUT2D eigenvalue weighted by Crippen LogP contribution is 2.45. The molecule has 0 aromatic carbocycles. The highest BCUT2D eigenvalue weighted by Gasteiger charge is 2.30. The molecule has 0 aliphatic carbocycles. The summed E-state index contributed by atoms with van der Waals surface area (Å²) in [4.78, 5) is 73.0. The van der Waals surface area contributed by atoms with E-state index in [0.29, 0.717) is 25.7 Å². The third-order valence-electron chi connectivity index (χ3n) is 19.3. The molecule has 0 fully saturated rings. The van der Waals surface area contributed by atoms with Crippen LogP contribution >= 0.6 is 15.6 Å². The van der Waals surface area contributed by atoms with Crippen LogP contribution in [0.1, 0.15) is 439 Å². The summed E-state index contributed by atoms with van der Waals surface area (Å²) in [6, 6.07) is 0. The van der Waals surface area contributed by atoms with E-state index in [1.165, 1.54) is 263 Å². The van der Waals surface area contributed by atoms with Crippen LogP contribution in [0.25, 0.3) is 0 Å². The van der Waals surface area contributed by atoms with Crippen LogP contribution < -0.4 is 0 Å². The molecule has 19 heteroatoms. The van der Waals surface area contributed by atoms with Gasteiger partial charge >= 0.3 is 39.5 Å². The van der Waals surface area contributed by atoms with Gasteiger partial charge in [-0.3, -0.25) is 37.3 Å². The molecule has 600 valence electrons. The number of hydrogen-bond donors (Lipinski definition) is 3. The molecule has 0 rings (SSSR count). The van der Waals surface area contributed by atoms with Crippen molar-refractivity contribution >= 4 is 39.5 Å². The molecular weight excluding hydrogens is 1320 g/mol. The quantitative estimate of drug-likeness (QED) is 0.0222. The molecule has 0 radical (unpaired) electrons. The Hall–Kier alpha value is -1.94. The molecule has 17 nitrogen and oxygen atoms in total. The standard InChI is InChI=1S/C82H160O17P2/c1-6-9-12-15-18-21-24-26-28-30-32-34-36-38-40-42-45-51-56-61-66-80(85)93-71-77(98-81(86)67-62-57-52-46-43-41-39-37-35-33-31-29-27-25-22-19-16-13-10-7-2)73-96-100(88,89)94-69-76(83)70-95-101(90,91)97-74-78(72-92-79(84)65-60-55-50-44-23-20-17-14-11-8-3)99-82(87)68-63-58-53-48-47-49-54-59-64-75(4)5/h75-78,83H,6-74H2,1-5H3,(H,88,89)(H,90,91)/t76-,77-,78-/m1/s1. The lowest BCUT2D eigenvalue weighted by Gasteiger charge is -2.21. The van der Waals surface area contributed by atoms with E-state index in [4.69, 9.17) is 37.0 Å². The molecule has 3 N–H and O–H groups in total. The Balaban J connectivity index is 5.19. The zero-order valence-corrected chi connectivity index (χ0v) is 67.8. The molecule has 2 unspecified atom stereocenters. The zero-order valence-electron chi connectivity index (χ0n) is 66.1. The summed E-state index contributed by atoms with van der Waals surface area (Å²) in [6.45, 7) is 7.28. The summed E-state index contributed by atoms with van der Waals surface area (Å²) in [6.07, 6.45) is 66.8. The van der Waals surface area contributed by atoms with Crippen molar-refractivity contribution in [2.45, 2.75) is 457 Å². The number of esters is 4. The van der Waals surface area contributed by atoms with Crippen LogP contribution in [-0.2, 0) is 65.4 Å². The minimum absolute atomic E-state index is 0.105. The smallest absolute Gasteiger partial charge is 0.462 e. The number of phosphoric acid groups is 2. The Bertz CT molecular complexity index is 1930. The second-order valence-corrected chi connectivity index (χ2v) is 32.9. The summed E-state index contributed by atoms with van der Waals surface area (Å²) in [7, 11) is -9.92. The summed E-state index contributed by atoms with van der Waals surface area (Å²) in [5.74, 6) is -1.39. The van der Waals surface area contributed by atoms with E-state index in [9.17, 15) is 43.2 Å². The Labute approximate surface area is 619 Å². The summed E-state index contributed by atoms with van der Waals surface area (Å²) >= 11 is 0. The Morgan fingerprint density at radius 2 is 0.455 bits per heavy atom. The topological polar surface area (TPSA) is 237 Å². The lowest BCUT2D eigenvalue weighted by atomic mass is 10.0. The molecule has 0 aliphatic rings. The van der Waals surface area contributed by atoms with Gasteiger partial charge < -0.3 is 33.8 Å². The van der Waals surface area contributed by atoms with Gasteiger partial charge in [-0.1, -0.05) is 388 Å². The molecule has 0 heterocycles. The summed E-state index contributed by atoms with van der Waals surface area (Å²) in [5.41, 5.74) is 0. The predicted molar refractivity (Wildman–Crippen MR) is 414 cm³/mol. The molecular formula is C82H160O17P2. The number of aliphatic hydroxyl groups is 1. The Morgan fingerprint density at radius 1 is 0.267 bits per heavy atom. The number of hydrogen-bond acceptors (Lipinski definition) is 15. The van der Waals surface area contributed by atoms with Gasteiger partial charge in [0.2, 0.25) is 0 Å². The largest absolute Gasteiger partial charge is 0.472 e. The average molecular weight is 1480 g/mol. The van der Waals surface area contributed by atoms with Crippen molar-refractivity contribution in [2.75, 3.05) is 39.6 Å². The maximum Gasteiger partial charge on any atom is 0.472 e. The van der Waals surface area contributed by atoms with E-state index in [-0.39, 0.29) is 25.7 Å². The molecule has 101 heavy (non-hydrogen) atoms. The molecule has 0 aromatic heterocycles. The van der Waals surface area contributed by atoms with E-state index in [1.54, 1.807) is 0 Å². The molecule has 0 aromatic rings. The van der Waals surface area contributed by atoms with Gasteiger partial charge in [-0.05, 0) is 31.6 Å². The number of phosphoric ester groups is 2. The normalized spacial score (nSPS) is 13.8. The van der Waals surface area contributed by atoms with Crippen LogP contribution in [0, 0.1) is 5.92 Å². The lowest BCUT2D eigenvalue weighted by Crippen LogP contribution is -2.30. The molecule has 0 bridgehead atoms. The van der Waals surface area contributed by atoms with Gasteiger partial charge in [0, 0.05) is 25.7 Å². The number of unbranched alkanes of at least 4 members (excludes halogenated alkanes) is 54. The fourth-order valence-electron chi connectivity index (χ4n) is 12.8. The van der Waals surface area contributed by atoms with E-state index in [2.05, 4.69) is 34.6 Å². The number of carbonyl (C=O) groups excluding carboxylic acids is 4. The third kappa shape index (κ3) is 76.1. The average Bonchev–Trinajstić information content (AvgIpc) is 0.989. The Morgan fingerprint density at radius 3 is 0.673 bits per heavy atom. The van der Waals surface area contributed by atoms with E-state index in [0.717, 1.165) is 95.8 Å². The monoisotopic (exact) mass is 1480 g/mol. The minimum atomic E-state index is -4.96. The van der Waals surface area contributed by atoms with Crippen molar-refractivity contribution in [3.8, 4) is 0 Å². The molecule has 5 atom stereocenters. The van der Waals surface area contributed by atoms with E-state index < -0.39 is 97.5 Å². The second-order valence-electron chi connectivity index (χ2n) is 30.0. The predicted octanol–water partition coefficient (Wildman–Crippen LogP) is 24.8. The van der Waals surface area contributed by atoms with Crippen molar-refractivity contribution in [1.29, 1.82) is 0 Å². The highest BCUT2D eigenvalue weighted by atomic mass is 31.2. The first-order chi connectivity index (χ1) is 49.0. The SMILES string of the molecule is CCCCCCCCCCCCCCCCCCCCCCC(=O)OC[C@H](COP(=O)(O)OC[C@@H](O)COP(=O)(O)OC[C@@H](COC(=O)CCCCCCCCCCCC)OC(=O)CCCCCCCCCCC(C)C)OC(=O)CCCCCCCCCCCCCCCCCCCCCC. The highest BCUT2D eigenvalue weighted by molar-refractivity contribution is 7.47. The maximum absolute atomic E-state index is 13.1. The van der Waals surface area contributed by atoms with Crippen LogP contribution in [0.15, 0.2) is 0 Å². The number of carbonyl (C=O) groups is 4. The van der Waals surface area contributed by atoms with Crippen LogP contribution in [0.2, 0.25) is 0 Å². The van der Waals surface area contributed by atoms with Gasteiger partial charge in [0.15, 0.2) is 12.2 Å². The van der Waals surface area contributed by atoms with Gasteiger partial charge in [0.05, 0.1) is 26.4 Å². The first-order valence-corrected chi connectivity index (χ1v) is 45.6. The van der Waals surface area contributed by atoms with E-state index >= 15 is 0 Å². The van der Waals surface area contributed by atoms with Gasteiger partial charge in [0.1, 0.15) is 19.3 Å². The first-order valence-electron chi connectivity index (χ1n) is 42.6. The fourth-order valence-corrected chi connectivity index (χ4v) is 14.3. The van der Waals surface area contributed by atoms with Crippen molar-refractivity contribution in [1.82, 2.24) is 0 Å². The summed E-state index contributed by atoms with van der Waals surface area (Å²) in [5, 5.41) is 10.6. The molecule has 0 spiro atoms.